The smallest absolute Gasteiger partial charge is 0.255 e. The number of carbonyl (C=O) groups excluding carboxylic acids is 1. The van der Waals surface area contributed by atoms with Crippen molar-refractivity contribution in [1.29, 1.82) is 0 Å². The third-order valence-electron chi connectivity index (χ3n) is 6.77. The fourth-order valence-electron chi connectivity index (χ4n) is 4.53. The summed E-state index contributed by atoms with van der Waals surface area (Å²) in [6, 6.07) is 23.5. The van der Waals surface area contributed by atoms with Gasteiger partial charge in [-0.25, -0.2) is 0 Å². The zero-order chi connectivity index (χ0) is 26.9. The SMILES string of the molecule is CC1=C(C(=O)Nc2ccccc2C)C(c2ccc(OCc3ccc(C(C)(C)C)cc3)cc2)n2nnnc2N1. The summed E-state index contributed by atoms with van der Waals surface area (Å²) in [6.45, 7) is 10.9. The lowest BCUT2D eigenvalue weighted by atomic mass is 9.87. The summed E-state index contributed by atoms with van der Waals surface area (Å²) in [4.78, 5) is 13.5. The fraction of sp³-hybridized carbons (Fsp3) is 0.267. The first-order chi connectivity index (χ1) is 18.2. The fourth-order valence-corrected chi connectivity index (χ4v) is 4.53. The van der Waals surface area contributed by atoms with Gasteiger partial charge in [0.15, 0.2) is 0 Å². The standard InChI is InChI=1S/C30H32N6O2/c1-19-8-6-7-9-25(19)32-28(37)26-20(2)31-29-33-34-35-36(29)27(26)22-12-16-24(17-13-22)38-18-21-10-14-23(15-11-21)30(3,4)5/h6-17,27H,18H2,1-5H3,(H,32,37)(H,31,33,35). The molecular weight excluding hydrogens is 476 g/mol. The second-order valence-corrected chi connectivity index (χ2v) is 10.6. The summed E-state index contributed by atoms with van der Waals surface area (Å²) in [6.07, 6.45) is 0. The van der Waals surface area contributed by atoms with E-state index in [0.29, 0.717) is 23.8 Å². The number of anilines is 2. The number of tetrazole rings is 1. The normalized spacial score (nSPS) is 15.0. The third-order valence-corrected chi connectivity index (χ3v) is 6.77. The highest BCUT2D eigenvalue weighted by atomic mass is 16.5. The maximum absolute atomic E-state index is 13.5. The Kier molecular flexibility index (Phi) is 6.72. The molecule has 3 aromatic carbocycles. The lowest BCUT2D eigenvalue weighted by Crippen LogP contribution is -2.31. The minimum Gasteiger partial charge on any atom is -0.489 e. The van der Waals surface area contributed by atoms with Crippen molar-refractivity contribution in [3.05, 3.63) is 106 Å². The molecule has 0 radical (unpaired) electrons. The average molecular weight is 509 g/mol. The van der Waals surface area contributed by atoms with Crippen LogP contribution in [0.25, 0.3) is 0 Å². The van der Waals surface area contributed by atoms with Gasteiger partial charge in [0.2, 0.25) is 5.95 Å². The first kappa shape index (κ1) is 25.2. The van der Waals surface area contributed by atoms with Crippen LogP contribution in [-0.4, -0.2) is 26.1 Å². The second-order valence-electron chi connectivity index (χ2n) is 10.6. The van der Waals surface area contributed by atoms with Crippen LogP contribution in [0.5, 0.6) is 5.75 Å². The molecule has 2 heterocycles. The lowest BCUT2D eigenvalue weighted by molar-refractivity contribution is -0.113. The van der Waals surface area contributed by atoms with Crippen molar-refractivity contribution >= 4 is 17.5 Å². The molecule has 0 fully saturated rings. The van der Waals surface area contributed by atoms with E-state index in [0.717, 1.165) is 28.1 Å². The first-order valence-electron chi connectivity index (χ1n) is 12.7. The molecular formula is C30H32N6O2. The number of hydrogen-bond donors (Lipinski definition) is 2. The first-order valence-corrected chi connectivity index (χ1v) is 12.7. The van der Waals surface area contributed by atoms with Crippen LogP contribution in [-0.2, 0) is 16.8 Å². The van der Waals surface area contributed by atoms with E-state index in [-0.39, 0.29) is 11.3 Å². The zero-order valence-corrected chi connectivity index (χ0v) is 22.3. The minimum atomic E-state index is -0.496. The van der Waals surface area contributed by atoms with Crippen molar-refractivity contribution in [1.82, 2.24) is 20.2 Å². The summed E-state index contributed by atoms with van der Waals surface area (Å²) in [5.74, 6) is 1.01. The molecule has 2 N–H and O–H groups in total. The van der Waals surface area contributed by atoms with Gasteiger partial charge in [0.25, 0.3) is 5.91 Å². The van der Waals surface area contributed by atoms with Crippen LogP contribution in [0.4, 0.5) is 11.6 Å². The Morgan fingerprint density at radius 3 is 2.39 bits per heavy atom. The van der Waals surface area contributed by atoms with Gasteiger partial charge in [0.1, 0.15) is 18.4 Å². The van der Waals surface area contributed by atoms with Crippen LogP contribution in [0.2, 0.25) is 0 Å². The highest BCUT2D eigenvalue weighted by Crippen LogP contribution is 2.35. The molecule has 0 aliphatic carbocycles. The summed E-state index contributed by atoms with van der Waals surface area (Å²) in [5.41, 5.74) is 6.37. The number of allylic oxidation sites excluding steroid dienone is 1. The third kappa shape index (κ3) is 5.16. The van der Waals surface area contributed by atoms with Crippen molar-refractivity contribution in [2.45, 2.75) is 52.7 Å². The Hall–Kier alpha value is -4.46. The average Bonchev–Trinajstić information content (AvgIpc) is 3.36. The number of ether oxygens (including phenoxy) is 1. The number of nitrogens with one attached hydrogen (secondary N) is 2. The molecule has 0 bridgehead atoms. The molecule has 194 valence electrons. The molecule has 5 rings (SSSR count). The molecule has 0 saturated carbocycles. The van der Waals surface area contributed by atoms with Gasteiger partial charge in [0, 0.05) is 11.4 Å². The number of para-hydroxylation sites is 1. The number of hydrogen-bond acceptors (Lipinski definition) is 6. The van der Waals surface area contributed by atoms with E-state index < -0.39 is 6.04 Å². The number of aromatic nitrogens is 4. The Morgan fingerprint density at radius 2 is 1.71 bits per heavy atom. The van der Waals surface area contributed by atoms with Crippen LogP contribution >= 0.6 is 0 Å². The molecule has 1 unspecified atom stereocenters. The van der Waals surface area contributed by atoms with Gasteiger partial charge in [-0.3, -0.25) is 4.79 Å². The molecule has 1 amide bonds. The van der Waals surface area contributed by atoms with E-state index in [1.807, 2.05) is 62.4 Å². The zero-order valence-electron chi connectivity index (χ0n) is 22.3. The van der Waals surface area contributed by atoms with Crippen molar-refractivity contribution < 1.29 is 9.53 Å². The molecule has 8 nitrogen and oxygen atoms in total. The monoisotopic (exact) mass is 508 g/mol. The molecule has 1 atom stereocenters. The number of amides is 1. The number of rotatable bonds is 6. The van der Waals surface area contributed by atoms with Gasteiger partial charge in [-0.05, 0) is 70.1 Å². The Balaban J connectivity index is 1.36. The molecule has 1 aromatic heterocycles. The summed E-state index contributed by atoms with van der Waals surface area (Å²) in [7, 11) is 0. The predicted octanol–water partition coefficient (Wildman–Crippen LogP) is 5.79. The summed E-state index contributed by atoms with van der Waals surface area (Å²) >= 11 is 0. The Morgan fingerprint density at radius 1 is 1.00 bits per heavy atom. The van der Waals surface area contributed by atoms with Crippen molar-refractivity contribution in [3.8, 4) is 5.75 Å². The van der Waals surface area contributed by atoms with Gasteiger partial charge in [-0.1, -0.05) is 80.5 Å². The lowest BCUT2D eigenvalue weighted by Gasteiger charge is -2.28. The molecule has 1 aliphatic rings. The van der Waals surface area contributed by atoms with E-state index in [9.17, 15) is 4.79 Å². The second kappa shape index (κ2) is 10.1. The highest BCUT2D eigenvalue weighted by Gasteiger charge is 2.34. The predicted molar refractivity (Wildman–Crippen MR) is 148 cm³/mol. The van der Waals surface area contributed by atoms with E-state index in [1.54, 1.807) is 4.68 Å². The molecule has 8 heteroatoms. The van der Waals surface area contributed by atoms with E-state index >= 15 is 0 Å². The van der Waals surface area contributed by atoms with E-state index in [4.69, 9.17) is 4.74 Å². The van der Waals surface area contributed by atoms with Crippen LogP contribution in [0.1, 0.15) is 56.0 Å². The van der Waals surface area contributed by atoms with Crippen LogP contribution in [0.15, 0.2) is 84.1 Å². The van der Waals surface area contributed by atoms with Crippen LogP contribution in [0.3, 0.4) is 0 Å². The molecule has 0 spiro atoms. The number of benzene rings is 3. The largest absolute Gasteiger partial charge is 0.489 e. The number of nitrogens with zero attached hydrogens (tertiary/aromatic N) is 4. The number of carbonyl (C=O) groups is 1. The van der Waals surface area contributed by atoms with Gasteiger partial charge in [-0.2, -0.15) is 4.68 Å². The summed E-state index contributed by atoms with van der Waals surface area (Å²) < 4.78 is 7.68. The topological polar surface area (TPSA) is 94.0 Å². The van der Waals surface area contributed by atoms with Crippen molar-refractivity contribution in [2.24, 2.45) is 0 Å². The van der Waals surface area contributed by atoms with Crippen molar-refractivity contribution in [2.75, 3.05) is 10.6 Å². The Labute approximate surface area is 222 Å². The van der Waals surface area contributed by atoms with E-state index in [1.165, 1.54) is 5.56 Å². The maximum atomic E-state index is 13.5. The Bertz CT molecular complexity index is 1480. The van der Waals surface area contributed by atoms with Gasteiger partial charge in [0.05, 0.1) is 5.57 Å². The summed E-state index contributed by atoms with van der Waals surface area (Å²) in [5, 5.41) is 18.3. The number of aryl methyl sites for hydroxylation is 1. The van der Waals surface area contributed by atoms with Crippen molar-refractivity contribution in [3.63, 3.8) is 0 Å². The van der Waals surface area contributed by atoms with Crippen LogP contribution < -0.4 is 15.4 Å². The van der Waals surface area contributed by atoms with Gasteiger partial charge < -0.3 is 15.4 Å². The quantitative estimate of drug-likeness (QED) is 0.343. The van der Waals surface area contributed by atoms with E-state index in [2.05, 4.69) is 71.2 Å². The minimum absolute atomic E-state index is 0.117. The van der Waals surface area contributed by atoms with Gasteiger partial charge in [-0.15, -0.1) is 0 Å². The number of fused-ring (bicyclic) bond motifs is 1. The molecule has 4 aromatic rings. The molecule has 0 saturated heterocycles. The maximum Gasteiger partial charge on any atom is 0.255 e. The van der Waals surface area contributed by atoms with Gasteiger partial charge >= 0.3 is 0 Å². The highest BCUT2D eigenvalue weighted by molar-refractivity contribution is 6.06. The molecule has 38 heavy (non-hydrogen) atoms. The van der Waals surface area contributed by atoms with Crippen LogP contribution in [0, 0.1) is 6.92 Å². The molecule has 1 aliphatic heterocycles.